The monoisotopic (exact) mass is 562 g/mol. The number of aryl methyl sites for hydroxylation is 1. The van der Waals surface area contributed by atoms with Crippen LogP contribution in [-0.2, 0) is 17.3 Å². The number of ketones is 1. The molecular formula is C35H56Cl2O. The third-order valence-corrected chi connectivity index (χ3v) is 7.55. The molecule has 2 rings (SSSR count). The van der Waals surface area contributed by atoms with Crippen molar-refractivity contribution in [2.24, 2.45) is 5.92 Å². The fraction of sp³-hybridized carbons (Fsp3) is 0.629. The topological polar surface area (TPSA) is 17.1 Å². The van der Waals surface area contributed by atoms with E-state index in [0.29, 0.717) is 12.3 Å². The molecule has 216 valence electrons. The number of alkyl halides is 2. The molecule has 0 atom stereocenters. The molecule has 0 amide bonds. The predicted molar refractivity (Wildman–Crippen MR) is 173 cm³/mol. The number of benzene rings is 2. The second-order valence-electron chi connectivity index (χ2n) is 12.2. The van der Waals surface area contributed by atoms with Gasteiger partial charge in [0.15, 0.2) is 5.78 Å². The standard InChI is InChI=1S/C14H19ClO.C14H21Cl.C7H16/c1-14(2,3)12-8-6-11(7-9-12)13(16)5-4-10-15;1-14(2,3)13-9-7-12(8-10-13)6-4-5-11-15;1-4-7(5-2)6-3/h6-9H,4-5,10H2,1-3H3;7-10H,4-6,11H2,1-3H3;7H,4-6H2,1-3H3. The zero-order valence-corrected chi connectivity index (χ0v) is 27.4. The molecule has 2 aromatic rings. The summed E-state index contributed by atoms with van der Waals surface area (Å²) in [5.41, 5.74) is 5.27. The Balaban J connectivity index is 0.000000582. The van der Waals surface area contributed by atoms with E-state index in [-0.39, 0.29) is 16.6 Å². The quantitative estimate of drug-likeness (QED) is 0.151. The van der Waals surface area contributed by atoms with Gasteiger partial charge in [-0.25, -0.2) is 0 Å². The van der Waals surface area contributed by atoms with Gasteiger partial charge in [0.2, 0.25) is 0 Å². The van der Waals surface area contributed by atoms with Gasteiger partial charge in [-0.05, 0) is 59.1 Å². The number of hydrogen-bond acceptors (Lipinski definition) is 1. The minimum atomic E-state index is 0.137. The third kappa shape index (κ3) is 15.9. The van der Waals surface area contributed by atoms with E-state index in [0.717, 1.165) is 36.6 Å². The SMILES string of the molecule is CC(C)(C)c1ccc(C(=O)CCCCl)cc1.CC(C)(C)c1ccc(CCCCCl)cc1.CCC(CC)CC. The molecule has 0 heterocycles. The summed E-state index contributed by atoms with van der Waals surface area (Å²) in [6.07, 6.45) is 8.81. The summed E-state index contributed by atoms with van der Waals surface area (Å²) in [7, 11) is 0. The first-order valence-electron chi connectivity index (χ1n) is 14.7. The normalized spacial score (nSPS) is 11.4. The molecule has 0 aliphatic heterocycles. The largest absolute Gasteiger partial charge is 0.294 e. The van der Waals surface area contributed by atoms with Crippen molar-refractivity contribution < 1.29 is 4.79 Å². The zero-order chi connectivity index (χ0) is 29.2. The summed E-state index contributed by atoms with van der Waals surface area (Å²) >= 11 is 11.2. The van der Waals surface area contributed by atoms with Crippen molar-refractivity contribution in [3.63, 3.8) is 0 Å². The van der Waals surface area contributed by atoms with Crippen LogP contribution in [0.1, 0.15) is 134 Å². The molecule has 38 heavy (non-hydrogen) atoms. The lowest BCUT2D eigenvalue weighted by Gasteiger charge is -2.19. The number of hydrogen-bond donors (Lipinski definition) is 0. The summed E-state index contributed by atoms with van der Waals surface area (Å²) in [6.45, 7) is 20.0. The Labute approximate surface area is 246 Å². The van der Waals surface area contributed by atoms with Crippen molar-refractivity contribution in [3.8, 4) is 0 Å². The molecule has 0 aliphatic carbocycles. The lowest BCUT2D eigenvalue weighted by Crippen LogP contribution is -2.11. The minimum absolute atomic E-state index is 0.137. The van der Waals surface area contributed by atoms with Crippen LogP contribution in [0.4, 0.5) is 0 Å². The lowest BCUT2D eigenvalue weighted by molar-refractivity contribution is 0.0982. The van der Waals surface area contributed by atoms with Crippen LogP contribution in [0.5, 0.6) is 0 Å². The Bertz CT molecular complexity index is 845. The van der Waals surface area contributed by atoms with Crippen LogP contribution in [0.3, 0.4) is 0 Å². The molecule has 0 fully saturated rings. The second-order valence-corrected chi connectivity index (χ2v) is 13.0. The third-order valence-electron chi connectivity index (χ3n) is 7.01. The smallest absolute Gasteiger partial charge is 0.162 e. The van der Waals surface area contributed by atoms with Gasteiger partial charge in [0.25, 0.3) is 0 Å². The molecule has 3 heteroatoms. The van der Waals surface area contributed by atoms with Gasteiger partial charge in [-0.3, -0.25) is 4.79 Å². The molecule has 0 saturated heterocycles. The average molecular weight is 564 g/mol. The summed E-state index contributed by atoms with van der Waals surface area (Å²) in [6, 6.07) is 16.9. The van der Waals surface area contributed by atoms with Crippen LogP contribution < -0.4 is 0 Å². The highest BCUT2D eigenvalue weighted by Gasteiger charge is 2.14. The maximum Gasteiger partial charge on any atom is 0.162 e. The van der Waals surface area contributed by atoms with Crippen molar-refractivity contribution >= 4 is 29.0 Å². The van der Waals surface area contributed by atoms with Gasteiger partial charge in [-0.15, -0.1) is 23.2 Å². The van der Waals surface area contributed by atoms with Crippen molar-refractivity contribution in [3.05, 3.63) is 70.8 Å². The van der Waals surface area contributed by atoms with Crippen LogP contribution in [0, 0.1) is 5.92 Å². The first-order chi connectivity index (χ1) is 17.8. The molecule has 1 nitrogen and oxygen atoms in total. The van der Waals surface area contributed by atoms with Crippen molar-refractivity contribution in [1.29, 1.82) is 0 Å². The number of unbranched alkanes of at least 4 members (excludes halogenated alkanes) is 1. The van der Waals surface area contributed by atoms with Crippen LogP contribution in [-0.4, -0.2) is 17.5 Å². The van der Waals surface area contributed by atoms with Gasteiger partial charge >= 0.3 is 0 Å². The Morgan fingerprint density at radius 3 is 1.42 bits per heavy atom. The maximum atomic E-state index is 11.7. The van der Waals surface area contributed by atoms with E-state index in [2.05, 4.69) is 86.6 Å². The maximum absolute atomic E-state index is 11.7. The molecule has 0 spiro atoms. The molecule has 0 bridgehead atoms. The van der Waals surface area contributed by atoms with E-state index in [1.807, 2.05) is 24.3 Å². The summed E-state index contributed by atoms with van der Waals surface area (Å²) in [4.78, 5) is 11.7. The first-order valence-corrected chi connectivity index (χ1v) is 15.8. The molecule has 0 unspecified atom stereocenters. The molecule has 0 aromatic heterocycles. The predicted octanol–water partition coefficient (Wildman–Crippen LogP) is 11.6. The average Bonchev–Trinajstić information content (AvgIpc) is 2.88. The van der Waals surface area contributed by atoms with Crippen LogP contribution in [0.2, 0.25) is 0 Å². The van der Waals surface area contributed by atoms with Gasteiger partial charge in [0.05, 0.1) is 0 Å². The summed E-state index contributed by atoms with van der Waals surface area (Å²) in [5.74, 6) is 2.49. The minimum Gasteiger partial charge on any atom is -0.294 e. The highest BCUT2D eigenvalue weighted by atomic mass is 35.5. The van der Waals surface area contributed by atoms with Gasteiger partial charge < -0.3 is 0 Å². The Morgan fingerprint density at radius 2 is 1.08 bits per heavy atom. The van der Waals surface area contributed by atoms with E-state index in [1.165, 1.54) is 42.4 Å². The Hall–Kier alpha value is -1.31. The Morgan fingerprint density at radius 1 is 0.658 bits per heavy atom. The van der Waals surface area contributed by atoms with E-state index in [4.69, 9.17) is 23.2 Å². The van der Waals surface area contributed by atoms with E-state index >= 15 is 0 Å². The Kier molecular flexibility index (Phi) is 19.0. The van der Waals surface area contributed by atoms with Crippen molar-refractivity contribution in [2.75, 3.05) is 11.8 Å². The van der Waals surface area contributed by atoms with Gasteiger partial charge in [0, 0.05) is 23.7 Å². The fourth-order valence-corrected chi connectivity index (χ4v) is 4.31. The number of Topliss-reactive ketones (excluding diaryl/α,β-unsaturated/α-hetero) is 1. The highest BCUT2D eigenvalue weighted by Crippen LogP contribution is 2.23. The number of carbonyl (C=O) groups is 1. The molecule has 2 aromatic carbocycles. The van der Waals surface area contributed by atoms with E-state index in [9.17, 15) is 4.79 Å². The van der Waals surface area contributed by atoms with Crippen LogP contribution in [0.15, 0.2) is 48.5 Å². The van der Waals surface area contributed by atoms with Gasteiger partial charge in [-0.2, -0.15) is 0 Å². The lowest BCUT2D eigenvalue weighted by atomic mass is 9.86. The first kappa shape index (κ1) is 36.7. The van der Waals surface area contributed by atoms with Gasteiger partial charge in [-0.1, -0.05) is 130 Å². The molecule has 0 N–H and O–H groups in total. The molecular weight excluding hydrogens is 507 g/mol. The van der Waals surface area contributed by atoms with Crippen molar-refractivity contribution in [1.82, 2.24) is 0 Å². The summed E-state index contributed by atoms with van der Waals surface area (Å²) in [5, 5.41) is 0. The second kappa shape index (κ2) is 19.7. The number of carbonyl (C=O) groups excluding carboxylic acids is 1. The number of halogens is 2. The highest BCUT2D eigenvalue weighted by molar-refractivity contribution is 6.18. The van der Waals surface area contributed by atoms with E-state index in [1.54, 1.807) is 0 Å². The van der Waals surface area contributed by atoms with Crippen LogP contribution >= 0.6 is 23.2 Å². The van der Waals surface area contributed by atoms with Gasteiger partial charge in [0.1, 0.15) is 0 Å². The molecule has 0 saturated carbocycles. The van der Waals surface area contributed by atoms with Crippen molar-refractivity contribution in [2.45, 2.75) is 125 Å². The van der Waals surface area contributed by atoms with Crippen LogP contribution in [0.25, 0.3) is 0 Å². The fourth-order valence-electron chi connectivity index (χ4n) is 3.99. The molecule has 0 radical (unpaired) electrons. The van der Waals surface area contributed by atoms with E-state index < -0.39 is 0 Å². The molecule has 0 aliphatic rings. The summed E-state index contributed by atoms with van der Waals surface area (Å²) < 4.78 is 0. The zero-order valence-electron chi connectivity index (χ0n) is 25.9. The number of rotatable bonds is 11.